The van der Waals surface area contributed by atoms with Crippen LogP contribution in [0.1, 0.15) is 41.5 Å². The molecule has 0 aliphatic carbocycles. The largest absolute Gasteiger partial charge is 0.512 e. The number of hydrogen-bond donors (Lipinski definition) is 0. The van der Waals surface area contributed by atoms with Gasteiger partial charge in [-0.2, -0.15) is 0 Å². The smallest absolute Gasteiger partial charge is 0.373 e. The fourth-order valence-corrected chi connectivity index (χ4v) is 16.0. The summed E-state index contributed by atoms with van der Waals surface area (Å²) < 4.78 is 35.3. The Bertz CT molecular complexity index is 295. The first-order chi connectivity index (χ1) is 13.6. The molecule has 0 rings (SSSR count). The molecule has 170 valence electrons. The van der Waals surface area contributed by atoms with E-state index in [4.69, 9.17) is 26.6 Å². The molecule has 0 aromatic heterocycles. The van der Waals surface area contributed by atoms with Crippen molar-refractivity contribution in [3.63, 3.8) is 0 Å². The monoisotopic (exact) mass is 510 g/mol. The average molecular weight is 511 g/mol. The lowest BCUT2D eigenvalue weighted by Gasteiger charge is -2.28. The highest BCUT2D eigenvalue weighted by Crippen LogP contribution is 2.31. The van der Waals surface area contributed by atoms with Crippen molar-refractivity contribution in [3.8, 4) is 0 Å². The van der Waals surface area contributed by atoms with E-state index in [2.05, 4.69) is 0 Å². The first-order valence-corrected chi connectivity index (χ1v) is 18.7. The second-order valence-corrected chi connectivity index (χ2v) is 16.5. The van der Waals surface area contributed by atoms with Crippen molar-refractivity contribution in [3.05, 3.63) is 0 Å². The van der Waals surface area contributed by atoms with Crippen LogP contribution < -0.4 is 0 Å². The van der Waals surface area contributed by atoms with Gasteiger partial charge in [-0.05, 0) is 41.5 Å². The van der Waals surface area contributed by atoms with E-state index < -0.39 is 17.6 Å². The van der Waals surface area contributed by atoms with E-state index in [0.717, 1.165) is 22.3 Å². The van der Waals surface area contributed by atoms with Crippen molar-refractivity contribution in [2.75, 3.05) is 61.9 Å². The maximum absolute atomic E-state index is 5.88. The fraction of sp³-hybridized carbons (Fsp3) is 1.00. The summed E-state index contributed by atoms with van der Waals surface area (Å²) in [7, 11) is 2.17. The van der Waals surface area contributed by atoms with Crippen LogP contribution in [0, 0.1) is 0 Å². The number of hydrogen-bond acceptors (Lipinski definition) is 10. The van der Waals surface area contributed by atoms with Crippen molar-refractivity contribution in [2.24, 2.45) is 0 Å². The maximum atomic E-state index is 5.88. The van der Waals surface area contributed by atoms with Gasteiger partial charge in [-0.1, -0.05) is 43.2 Å². The van der Waals surface area contributed by atoms with Gasteiger partial charge in [0.1, 0.15) is 0 Å². The molecule has 0 bridgehead atoms. The molecule has 0 radical (unpaired) electrons. The van der Waals surface area contributed by atoms with Gasteiger partial charge >= 0.3 is 17.6 Å². The van der Waals surface area contributed by atoms with Crippen LogP contribution in [0.3, 0.4) is 0 Å². The molecule has 0 aromatic rings. The predicted octanol–water partition coefficient (Wildman–Crippen LogP) is 4.92. The highest BCUT2D eigenvalue weighted by molar-refractivity contribution is 8.78. The highest BCUT2D eigenvalue weighted by Gasteiger charge is 2.41. The molecule has 0 aliphatic rings. The predicted molar refractivity (Wildman–Crippen MR) is 131 cm³/mol. The molecule has 0 aromatic carbocycles. The molecule has 28 heavy (non-hydrogen) atoms. The number of rotatable bonds is 21. The van der Waals surface area contributed by atoms with Gasteiger partial charge in [0.15, 0.2) is 0 Å². The van der Waals surface area contributed by atoms with E-state index in [1.165, 1.54) is 0 Å². The van der Waals surface area contributed by atoms with Gasteiger partial charge in [-0.15, -0.1) is 0 Å². The summed E-state index contributed by atoms with van der Waals surface area (Å²) in [5.74, 6) is 2.09. The summed E-state index contributed by atoms with van der Waals surface area (Å²) in [4.78, 5) is 0. The molecule has 0 spiro atoms. The van der Waals surface area contributed by atoms with Gasteiger partial charge in [0, 0.05) is 51.1 Å². The van der Waals surface area contributed by atoms with E-state index >= 15 is 0 Å². The summed E-state index contributed by atoms with van der Waals surface area (Å²) >= 11 is 0. The van der Waals surface area contributed by atoms with Crippen LogP contribution in [0.25, 0.3) is 0 Å². The molecular formula is C16H38O6S4Si2. The lowest BCUT2D eigenvalue weighted by atomic mass is 10.9. The third-order valence-corrected chi connectivity index (χ3v) is 16.7. The van der Waals surface area contributed by atoms with Crippen LogP contribution in [-0.2, 0) is 26.6 Å². The Kier molecular flexibility index (Phi) is 20.4. The zero-order valence-electron chi connectivity index (χ0n) is 18.2. The molecule has 0 aliphatic heterocycles. The SMILES string of the molecule is CCO[Si](CSSCCSSC[Si](OCC)(OCC)OCC)(OCC)OCC. The van der Waals surface area contributed by atoms with Crippen molar-refractivity contribution in [1.82, 2.24) is 0 Å². The lowest BCUT2D eigenvalue weighted by Crippen LogP contribution is -2.49. The van der Waals surface area contributed by atoms with Crippen LogP contribution in [0.15, 0.2) is 0 Å². The minimum absolute atomic E-state index is 0.620. The molecule has 12 heteroatoms. The standard InChI is InChI=1S/C16H38O6S4Si2/c1-7-17-27(18-8-2,19-9-3)15-25-23-13-14-24-26-16-28(20-10-4,21-11-5)22-12-6/h7-16H2,1-6H3. The van der Waals surface area contributed by atoms with Crippen LogP contribution in [-0.4, -0.2) is 79.5 Å². The molecule has 0 amide bonds. The van der Waals surface area contributed by atoms with Crippen molar-refractivity contribution in [2.45, 2.75) is 41.5 Å². The normalized spacial score (nSPS) is 12.6. The Labute approximate surface area is 190 Å². The quantitative estimate of drug-likeness (QED) is 0.121. The van der Waals surface area contributed by atoms with Gasteiger partial charge in [0.25, 0.3) is 0 Å². The van der Waals surface area contributed by atoms with Crippen molar-refractivity contribution in [1.29, 1.82) is 0 Å². The molecular weight excluding hydrogens is 473 g/mol. The Hall–Kier alpha value is 1.59. The van der Waals surface area contributed by atoms with E-state index in [9.17, 15) is 0 Å². The zero-order chi connectivity index (χ0) is 21.1. The maximum Gasteiger partial charge on any atom is 0.512 e. The molecule has 0 atom stereocenters. The fourth-order valence-electron chi connectivity index (χ4n) is 2.23. The lowest BCUT2D eigenvalue weighted by molar-refractivity contribution is 0.0765. The molecule has 0 unspecified atom stereocenters. The van der Waals surface area contributed by atoms with Crippen LogP contribution >= 0.6 is 43.2 Å². The van der Waals surface area contributed by atoms with Gasteiger partial charge in [-0.3, -0.25) is 0 Å². The van der Waals surface area contributed by atoms with E-state index in [1.807, 2.05) is 63.1 Å². The summed E-state index contributed by atoms with van der Waals surface area (Å²) in [6, 6.07) is 0. The van der Waals surface area contributed by atoms with E-state index in [1.54, 1.807) is 21.6 Å². The second kappa shape index (κ2) is 19.3. The minimum atomic E-state index is -2.54. The zero-order valence-corrected chi connectivity index (χ0v) is 23.4. The van der Waals surface area contributed by atoms with E-state index in [0.29, 0.717) is 39.6 Å². The van der Waals surface area contributed by atoms with E-state index in [-0.39, 0.29) is 0 Å². The van der Waals surface area contributed by atoms with Gasteiger partial charge < -0.3 is 26.6 Å². The van der Waals surface area contributed by atoms with Gasteiger partial charge in [0.2, 0.25) is 0 Å². The molecule has 0 saturated heterocycles. The first-order valence-electron chi connectivity index (χ1n) is 9.89. The van der Waals surface area contributed by atoms with Crippen molar-refractivity contribution < 1.29 is 26.6 Å². The van der Waals surface area contributed by atoms with Crippen LogP contribution in [0.2, 0.25) is 0 Å². The Morgan fingerprint density at radius 3 is 0.893 bits per heavy atom. The Morgan fingerprint density at radius 1 is 0.429 bits per heavy atom. The Morgan fingerprint density at radius 2 is 0.679 bits per heavy atom. The highest BCUT2D eigenvalue weighted by atomic mass is 33.1. The Balaban J connectivity index is 4.14. The third-order valence-electron chi connectivity index (χ3n) is 3.07. The van der Waals surface area contributed by atoms with Gasteiger partial charge in [0.05, 0.1) is 10.8 Å². The summed E-state index contributed by atoms with van der Waals surface area (Å²) in [5.41, 5.74) is 0. The van der Waals surface area contributed by atoms with Crippen LogP contribution in [0.4, 0.5) is 0 Å². The van der Waals surface area contributed by atoms with Crippen molar-refractivity contribution >= 4 is 60.8 Å². The third kappa shape index (κ3) is 13.1. The summed E-state index contributed by atoms with van der Waals surface area (Å²) in [5, 5.41) is 1.56. The second-order valence-electron chi connectivity index (χ2n) is 5.13. The molecule has 0 fully saturated rings. The minimum Gasteiger partial charge on any atom is -0.373 e. The summed E-state index contributed by atoms with van der Waals surface area (Å²) in [6.07, 6.45) is 0. The average Bonchev–Trinajstić information content (AvgIpc) is 2.65. The topological polar surface area (TPSA) is 55.4 Å². The molecule has 0 N–H and O–H groups in total. The summed E-state index contributed by atoms with van der Waals surface area (Å²) in [6.45, 7) is 15.6. The molecule has 0 saturated carbocycles. The van der Waals surface area contributed by atoms with Gasteiger partial charge in [-0.25, -0.2) is 0 Å². The first kappa shape index (κ1) is 29.6. The molecule has 6 nitrogen and oxygen atoms in total. The molecule has 0 heterocycles. The van der Waals surface area contributed by atoms with Crippen LogP contribution in [0.5, 0.6) is 0 Å².